The van der Waals surface area contributed by atoms with Crippen molar-refractivity contribution in [2.75, 3.05) is 5.32 Å². The number of carboxylic acids is 1. The maximum Gasteiger partial charge on any atom is 0.306 e. The first-order valence-corrected chi connectivity index (χ1v) is 9.67. The number of pyridine rings is 1. The van der Waals surface area contributed by atoms with Gasteiger partial charge in [0.25, 0.3) is 0 Å². The largest absolute Gasteiger partial charge is 0.481 e. The summed E-state index contributed by atoms with van der Waals surface area (Å²) in [5, 5.41) is 18.3. The molecule has 1 atom stereocenters. The minimum absolute atomic E-state index is 0.325. The van der Waals surface area contributed by atoms with Crippen molar-refractivity contribution in [3.8, 4) is 0 Å². The molecule has 27 heavy (non-hydrogen) atoms. The van der Waals surface area contributed by atoms with Gasteiger partial charge in [-0.3, -0.25) is 4.79 Å². The molecule has 0 amide bonds. The molecule has 0 unspecified atom stereocenters. The lowest BCUT2D eigenvalue weighted by Gasteiger charge is -2.18. The van der Waals surface area contributed by atoms with Gasteiger partial charge in [-0.25, -0.2) is 14.5 Å². The number of anilines is 2. The minimum Gasteiger partial charge on any atom is -0.481 e. The van der Waals surface area contributed by atoms with Gasteiger partial charge in [-0.2, -0.15) is 5.10 Å². The number of hydrogen-bond acceptors (Lipinski definition) is 6. The molecule has 0 saturated carbocycles. The first-order chi connectivity index (χ1) is 13.1. The highest BCUT2D eigenvalue weighted by atomic mass is 35.5. The van der Waals surface area contributed by atoms with E-state index >= 15 is 0 Å². The maximum atomic E-state index is 11.4. The molecule has 1 aliphatic carbocycles. The molecule has 4 aromatic rings. The monoisotopic (exact) mass is 399 g/mol. The number of rotatable bonds is 3. The number of thiophene rings is 1. The van der Waals surface area contributed by atoms with Crippen LogP contribution in [0.4, 0.5) is 11.5 Å². The van der Waals surface area contributed by atoms with Crippen molar-refractivity contribution in [2.24, 2.45) is 5.92 Å². The molecule has 4 aromatic heterocycles. The highest BCUT2D eigenvalue weighted by Gasteiger charge is 2.28. The Kier molecular flexibility index (Phi) is 3.76. The van der Waals surface area contributed by atoms with Gasteiger partial charge in [-0.1, -0.05) is 11.6 Å². The number of fused-ring (bicyclic) bond motifs is 4. The number of halogens is 1. The van der Waals surface area contributed by atoms with Gasteiger partial charge in [0.2, 0.25) is 0 Å². The van der Waals surface area contributed by atoms with E-state index in [2.05, 4.69) is 20.4 Å². The Balaban J connectivity index is 1.59. The summed E-state index contributed by atoms with van der Waals surface area (Å²) in [5.41, 5.74) is 2.81. The van der Waals surface area contributed by atoms with Gasteiger partial charge in [0.15, 0.2) is 0 Å². The summed E-state index contributed by atoms with van der Waals surface area (Å²) >= 11 is 7.96. The fraction of sp³-hybridized carbons (Fsp3) is 0.222. The molecule has 1 aliphatic rings. The Morgan fingerprint density at radius 1 is 1.41 bits per heavy atom. The number of nitrogens with one attached hydrogen (secondary N) is 1. The predicted molar refractivity (Wildman–Crippen MR) is 104 cm³/mol. The van der Waals surface area contributed by atoms with Crippen LogP contribution in [-0.4, -0.2) is 30.7 Å². The van der Waals surface area contributed by atoms with Crippen LogP contribution in [0.15, 0.2) is 30.9 Å². The van der Waals surface area contributed by atoms with E-state index in [1.54, 1.807) is 28.2 Å². The number of aryl methyl sites for hydroxylation is 1. The Morgan fingerprint density at radius 2 is 2.30 bits per heavy atom. The number of carboxylic acid groups (broad SMARTS) is 1. The van der Waals surface area contributed by atoms with E-state index in [0.717, 1.165) is 31.9 Å². The van der Waals surface area contributed by atoms with E-state index in [0.29, 0.717) is 30.1 Å². The zero-order valence-electron chi connectivity index (χ0n) is 14.0. The second-order valence-corrected chi connectivity index (χ2v) is 8.04. The van der Waals surface area contributed by atoms with Crippen LogP contribution in [0.3, 0.4) is 0 Å². The van der Waals surface area contributed by atoms with Crippen molar-refractivity contribution in [3.05, 3.63) is 46.3 Å². The van der Waals surface area contributed by atoms with Crippen molar-refractivity contribution in [3.63, 3.8) is 0 Å². The van der Waals surface area contributed by atoms with Crippen LogP contribution in [-0.2, 0) is 17.6 Å². The molecule has 0 saturated heterocycles. The molecule has 2 N–H and O–H groups in total. The van der Waals surface area contributed by atoms with Crippen LogP contribution in [0.2, 0.25) is 5.02 Å². The average Bonchev–Trinajstić information content (AvgIpc) is 3.25. The van der Waals surface area contributed by atoms with E-state index < -0.39 is 5.97 Å². The number of nitrogens with zero attached hydrogens (tertiary/aromatic N) is 4. The summed E-state index contributed by atoms with van der Waals surface area (Å²) in [6.45, 7) is 0. The van der Waals surface area contributed by atoms with E-state index in [9.17, 15) is 9.90 Å². The van der Waals surface area contributed by atoms with Gasteiger partial charge >= 0.3 is 5.97 Å². The smallest absolute Gasteiger partial charge is 0.306 e. The molecular formula is C18H14ClN5O2S. The fourth-order valence-electron chi connectivity index (χ4n) is 3.58. The quantitative estimate of drug-likeness (QED) is 0.542. The molecule has 0 spiro atoms. The summed E-state index contributed by atoms with van der Waals surface area (Å²) in [6, 6.07) is 3.82. The lowest BCUT2D eigenvalue weighted by atomic mass is 9.88. The molecule has 7 nitrogen and oxygen atoms in total. The second kappa shape index (κ2) is 6.17. The van der Waals surface area contributed by atoms with Gasteiger partial charge in [-0.15, -0.1) is 11.3 Å². The lowest BCUT2D eigenvalue weighted by Crippen LogP contribution is -2.21. The summed E-state index contributed by atoms with van der Waals surface area (Å²) in [6.07, 6.45) is 6.87. The van der Waals surface area contributed by atoms with Gasteiger partial charge in [0.05, 0.1) is 27.5 Å². The molecule has 0 fully saturated rings. The summed E-state index contributed by atoms with van der Waals surface area (Å²) < 4.78 is 1.71. The Morgan fingerprint density at radius 3 is 3.15 bits per heavy atom. The Hall–Kier alpha value is -2.71. The van der Waals surface area contributed by atoms with Crippen molar-refractivity contribution in [1.82, 2.24) is 19.6 Å². The van der Waals surface area contributed by atoms with E-state index in [1.807, 2.05) is 12.1 Å². The van der Waals surface area contributed by atoms with Gasteiger partial charge in [0.1, 0.15) is 17.0 Å². The third-order valence-corrected chi connectivity index (χ3v) is 6.40. The Labute approximate surface area is 162 Å². The summed E-state index contributed by atoms with van der Waals surface area (Å²) in [4.78, 5) is 22.1. The molecular weight excluding hydrogens is 386 g/mol. The van der Waals surface area contributed by atoms with Crippen LogP contribution in [0.1, 0.15) is 16.9 Å². The molecule has 0 bridgehead atoms. The van der Waals surface area contributed by atoms with Crippen LogP contribution in [0.25, 0.3) is 15.7 Å². The highest BCUT2D eigenvalue weighted by Crippen LogP contribution is 2.41. The number of aliphatic carboxylic acids is 1. The first kappa shape index (κ1) is 16.5. The van der Waals surface area contributed by atoms with Crippen LogP contribution >= 0.6 is 22.9 Å². The molecule has 5 rings (SSSR count). The average molecular weight is 400 g/mol. The zero-order valence-corrected chi connectivity index (χ0v) is 15.6. The molecule has 4 heterocycles. The zero-order chi connectivity index (χ0) is 18.5. The molecule has 9 heteroatoms. The SMILES string of the molecule is O=C(O)[C@H]1CCc2c(sc3ncnc(Nc4cc5ccnn5cc4Cl)c23)C1. The minimum atomic E-state index is -0.733. The van der Waals surface area contributed by atoms with Gasteiger partial charge in [0, 0.05) is 17.3 Å². The summed E-state index contributed by atoms with van der Waals surface area (Å²) in [7, 11) is 0. The fourth-order valence-corrected chi connectivity index (χ4v) is 5.04. The third-order valence-electron chi connectivity index (χ3n) is 4.93. The second-order valence-electron chi connectivity index (χ2n) is 6.54. The predicted octanol–water partition coefficient (Wildman–Crippen LogP) is 3.93. The van der Waals surface area contributed by atoms with Crippen molar-refractivity contribution in [1.29, 1.82) is 0 Å². The molecule has 0 aromatic carbocycles. The van der Waals surface area contributed by atoms with E-state index in [1.165, 1.54) is 6.33 Å². The van der Waals surface area contributed by atoms with Crippen LogP contribution in [0.5, 0.6) is 0 Å². The van der Waals surface area contributed by atoms with Crippen molar-refractivity contribution >= 4 is 56.1 Å². The first-order valence-electron chi connectivity index (χ1n) is 8.48. The third kappa shape index (κ3) is 2.72. The number of aromatic nitrogens is 4. The molecule has 136 valence electrons. The number of hydrogen-bond donors (Lipinski definition) is 2. The van der Waals surface area contributed by atoms with E-state index in [-0.39, 0.29) is 5.92 Å². The van der Waals surface area contributed by atoms with Crippen molar-refractivity contribution in [2.45, 2.75) is 19.3 Å². The maximum absolute atomic E-state index is 11.4. The topological polar surface area (TPSA) is 92.4 Å². The molecule has 0 aliphatic heterocycles. The van der Waals surface area contributed by atoms with Crippen molar-refractivity contribution < 1.29 is 9.90 Å². The lowest BCUT2D eigenvalue weighted by molar-refractivity contribution is -0.142. The Bertz CT molecular complexity index is 1200. The normalized spacial score (nSPS) is 16.6. The standard InChI is InChI=1S/C18H14ClN5O2S/c19-12-7-24-10(3-4-22-24)6-13(12)23-16-15-11-2-1-9(18(25)26)5-14(11)27-17(15)21-8-20-16/h3-4,6-9H,1-2,5H2,(H,25,26)(H,20,21,23)/t9-/m0/s1. The van der Waals surface area contributed by atoms with Gasteiger partial charge < -0.3 is 10.4 Å². The van der Waals surface area contributed by atoms with Gasteiger partial charge in [-0.05, 0) is 37.0 Å². The molecule has 0 radical (unpaired) electrons. The highest BCUT2D eigenvalue weighted by molar-refractivity contribution is 7.19. The number of carbonyl (C=O) groups is 1. The summed E-state index contributed by atoms with van der Waals surface area (Å²) in [5.74, 6) is -0.367. The van der Waals surface area contributed by atoms with Crippen LogP contribution < -0.4 is 5.32 Å². The van der Waals surface area contributed by atoms with E-state index in [4.69, 9.17) is 11.6 Å². The van der Waals surface area contributed by atoms with Crippen LogP contribution in [0, 0.1) is 5.92 Å².